The summed E-state index contributed by atoms with van der Waals surface area (Å²) in [7, 11) is 0. The molecule has 0 radical (unpaired) electrons. The molecule has 0 saturated carbocycles. The largest absolute Gasteiger partial charge is 0.465 e. The molecule has 1 aromatic heterocycles. The van der Waals surface area contributed by atoms with Crippen LogP contribution in [0, 0.1) is 0 Å². The van der Waals surface area contributed by atoms with Crippen LogP contribution in [0.25, 0.3) is 10.9 Å². The Morgan fingerprint density at radius 2 is 2.12 bits per heavy atom. The lowest BCUT2D eigenvalue weighted by atomic mass is 10.1. The van der Waals surface area contributed by atoms with Crippen LogP contribution in [0.3, 0.4) is 0 Å². The molecular weight excluding hydrogens is 346 g/mol. The fourth-order valence-corrected chi connectivity index (χ4v) is 3.40. The lowest BCUT2D eigenvalue weighted by Crippen LogP contribution is -2.53. The third-order valence-electron chi connectivity index (χ3n) is 4.34. The zero-order chi connectivity index (χ0) is 18.1. The van der Waals surface area contributed by atoms with E-state index in [1.165, 1.54) is 4.68 Å². The Balaban J connectivity index is 2.02. The number of carbonyl (C=O) groups is 1. The molecule has 0 aliphatic carbocycles. The number of fused-ring (bicyclic) bond motifs is 1. The SMILES string of the molecule is CC(N)c1nc2cccc(Cl)c2c(=O)n1N1CCC(NC(=O)O)CC1. The topological polar surface area (TPSA) is 113 Å². The number of amides is 1. The summed E-state index contributed by atoms with van der Waals surface area (Å²) in [6, 6.07) is 4.58. The van der Waals surface area contributed by atoms with Crippen molar-refractivity contribution in [2.24, 2.45) is 5.73 Å². The number of hydrogen-bond acceptors (Lipinski definition) is 5. The van der Waals surface area contributed by atoms with Gasteiger partial charge in [-0.05, 0) is 31.9 Å². The first kappa shape index (κ1) is 17.5. The minimum atomic E-state index is -1.04. The monoisotopic (exact) mass is 365 g/mol. The van der Waals surface area contributed by atoms with Gasteiger partial charge in [-0.25, -0.2) is 14.5 Å². The van der Waals surface area contributed by atoms with Crippen molar-refractivity contribution >= 4 is 28.6 Å². The van der Waals surface area contributed by atoms with Crippen molar-refractivity contribution in [2.75, 3.05) is 18.1 Å². The molecule has 2 aromatic rings. The van der Waals surface area contributed by atoms with Crippen LogP contribution in [-0.2, 0) is 0 Å². The molecule has 1 unspecified atom stereocenters. The van der Waals surface area contributed by atoms with Gasteiger partial charge in [-0.2, -0.15) is 0 Å². The summed E-state index contributed by atoms with van der Waals surface area (Å²) in [6.45, 7) is 2.80. The fourth-order valence-electron chi connectivity index (χ4n) is 3.15. The number of benzene rings is 1. The smallest absolute Gasteiger partial charge is 0.404 e. The van der Waals surface area contributed by atoms with E-state index in [9.17, 15) is 9.59 Å². The van der Waals surface area contributed by atoms with E-state index in [0.29, 0.717) is 47.7 Å². The molecule has 8 nitrogen and oxygen atoms in total. The van der Waals surface area contributed by atoms with Gasteiger partial charge in [0.2, 0.25) is 0 Å². The summed E-state index contributed by atoms with van der Waals surface area (Å²) in [5.41, 5.74) is 6.30. The van der Waals surface area contributed by atoms with E-state index >= 15 is 0 Å². The molecule has 1 aliphatic rings. The van der Waals surface area contributed by atoms with E-state index in [2.05, 4.69) is 10.3 Å². The highest BCUT2D eigenvalue weighted by Crippen LogP contribution is 2.21. The van der Waals surface area contributed by atoms with E-state index < -0.39 is 12.1 Å². The highest BCUT2D eigenvalue weighted by atomic mass is 35.5. The molecule has 4 N–H and O–H groups in total. The van der Waals surface area contributed by atoms with Gasteiger partial charge in [0.1, 0.15) is 5.82 Å². The first-order chi connectivity index (χ1) is 11.9. The second-order valence-electron chi connectivity index (χ2n) is 6.19. The summed E-state index contributed by atoms with van der Waals surface area (Å²) in [6.07, 6.45) is 0.154. The van der Waals surface area contributed by atoms with Crippen LogP contribution >= 0.6 is 11.6 Å². The van der Waals surface area contributed by atoms with Crippen molar-refractivity contribution in [1.29, 1.82) is 0 Å². The first-order valence-electron chi connectivity index (χ1n) is 8.10. The number of aromatic nitrogens is 2. The van der Waals surface area contributed by atoms with E-state index in [0.717, 1.165) is 0 Å². The molecule has 0 spiro atoms. The van der Waals surface area contributed by atoms with E-state index in [1.54, 1.807) is 25.1 Å². The number of nitrogens with one attached hydrogen (secondary N) is 1. The average Bonchev–Trinajstić information content (AvgIpc) is 2.55. The van der Waals surface area contributed by atoms with Gasteiger partial charge in [0.05, 0.1) is 22.0 Å². The maximum Gasteiger partial charge on any atom is 0.404 e. The van der Waals surface area contributed by atoms with Crippen LogP contribution in [0.2, 0.25) is 5.02 Å². The lowest BCUT2D eigenvalue weighted by Gasteiger charge is -2.35. The van der Waals surface area contributed by atoms with Gasteiger partial charge in [-0.1, -0.05) is 17.7 Å². The number of rotatable bonds is 3. The predicted octanol–water partition coefficient (Wildman–Crippen LogP) is 1.44. The van der Waals surface area contributed by atoms with E-state index in [1.807, 2.05) is 5.01 Å². The molecule has 25 heavy (non-hydrogen) atoms. The molecule has 0 bridgehead atoms. The van der Waals surface area contributed by atoms with Gasteiger partial charge >= 0.3 is 6.09 Å². The minimum absolute atomic E-state index is 0.125. The molecule has 1 saturated heterocycles. The third kappa shape index (κ3) is 3.40. The van der Waals surface area contributed by atoms with Crippen molar-refractivity contribution in [3.63, 3.8) is 0 Å². The maximum atomic E-state index is 13.1. The zero-order valence-electron chi connectivity index (χ0n) is 13.8. The Bertz CT molecular complexity index is 859. The lowest BCUT2D eigenvalue weighted by molar-refractivity contribution is 0.186. The Labute approximate surface area is 149 Å². The summed E-state index contributed by atoms with van der Waals surface area (Å²) in [5.74, 6) is 0.462. The minimum Gasteiger partial charge on any atom is -0.465 e. The second-order valence-corrected chi connectivity index (χ2v) is 6.59. The van der Waals surface area contributed by atoms with Crippen LogP contribution in [0.4, 0.5) is 4.79 Å². The van der Waals surface area contributed by atoms with Crippen LogP contribution < -0.4 is 21.6 Å². The summed E-state index contributed by atoms with van der Waals surface area (Å²) in [5, 5.41) is 13.9. The van der Waals surface area contributed by atoms with Gasteiger partial charge in [0, 0.05) is 19.1 Å². The van der Waals surface area contributed by atoms with Crippen molar-refractivity contribution in [3.05, 3.63) is 39.4 Å². The average molecular weight is 366 g/mol. The summed E-state index contributed by atoms with van der Waals surface area (Å²) >= 11 is 6.21. The summed E-state index contributed by atoms with van der Waals surface area (Å²) < 4.78 is 1.50. The van der Waals surface area contributed by atoms with Gasteiger partial charge < -0.3 is 21.2 Å². The van der Waals surface area contributed by atoms with E-state index in [-0.39, 0.29) is 11.6 Å². The summed E-state index contributed by atoms with van der Waals surface area (Å²) in [4.78, 5) is 28.4. The molecule has 1 atom stereocenters. The molecule has 1 aromatic carbocycles. The van der Waals surface area contributed by atoms with Crippen LogP contribution in [-0.4, -0.2) is 40.0 Å². The highest BCUT2D eigenvalue weighted by molar-refractivity contribution is 6.35. The fraction of sp³-hybridized carbons (Fsp3) is 0.438. The standard InChI is InChI=1S/C16H20ClN5O3/c1-9(18)14-20-12-4-2-3-11(17)13(12)15(23)22(14)21-7-5-10(6-8-21)19-16(24)25/h2-4,9-10,19H,5-8,18H2,1H3,(H,24,25). The number of halogens is 1. The van der Waals surface area contributed by atoms with Gasteiger partial charge in [0.25, 0.3) is 5.56 Å². The van der Waals surface area contributed by atoms with Crippen molar-refractivity contribution in [1.82, 2.24) is 15.0 Å². The normalized spacial score (nSPS) is 16.8. The predicted molar refractivity (Wildman–Crippen MR) is 95.7 cm³/mol. The maximum absolute atomic E-state index is 13.1. The van der Waals surface area contributed by atoms with Gasteiger partial charge in [0.15, 0.2) is 0 Å². The Morgan fingerprint density at radius 3 is 2.72 bits per heavy atom. The van der Waals surface area contributed by atoms with Crippen molar-refractivity contribution in [3.8, 4) is 0 Å². The van der Waals surface area contributed by atoms with Gasteiger partial charge in [-0.15, -0.1) is 0 Å². The molecule has 3 rings (SSSR count). The Kier molecular flexibility index (Phi) is 4.82. The second kappa shape index (κ2) is 6.89. The van der Waals surface area contributed by atoms with Crippen LogP contribution in [0.15, 0.2) is 23.0 Å². The zero-order valence-corrected chi connectivity index (χ0v) is 14.5. The number of nitrogens with two attached hydrogens (primary N) is 1. The molecule has 134 valence electrons. The van der Waals surface area contributed by atoms with Crippen LogP contribution in [0.1, 0.15) is 31.6 Å². The number of carboxylic acid groups (broad SMARTS) is 1. The molecule has 1 aliphatic heterocycles. The van der Waals surface area contributed by atoms with Crippen LogP contribution in [0.5, 0.6) is 0 Å². The molecule has 1 amide bonds. The molecule has 2 heterocycles. The van der Waals surface area contributed by atoms with Crippen molar-refractivity contribution in [2.45, 2.75) is 31.8 Å². The number of hydrogen-bond donors (Lipinski definition) is 3. The Morgan fingerprint density at radius 1 is 1.44 bits per heavy atom. The highest BCUT2D eigenvalue weighted by Gasteiger charge is 2.25. The molecule has 1 fully saturated rings. The molecule has 9 heteroatoms. The number of piperidine rings is 1. The molecular formula is C16H20ClN5O3. The number of nitrogens with zero attached hydrogens (tertiary/aromatic N) is 3. The third-order valence-corrected chi connectivity index (χ3v) is 4.65. The first-order valence-corrected chi connectivity index (χ1v) is 8.47. The van der Waals surface area contributed by atoms with Crippen molar-refractivity contribution < 1.29 is 9.90 Å². The quantitative estimate of drug-likeness (QED) is 0.758. The van der Waals surface area contributed by atoms with Gasteiger partial charge in [-0.3, -0.25) is 4.79 Å². The Hall–Kier alpha value is -2.32. The van der Waals surface area contributed by atoms with E-state index in [4.69, 9.17) is 22.4 Å².